The molecule has 2 aromatic heterocycles. The first-order valence-corrected chi connectivity index (χ1v) is 9.87. The molecule has 3 rings (SSSR count). The molecule has 0 radical (unpaired) electrons. The third-order valence-corrected chi connectivity index (χ3v) is 4.62. The van der Waals surface area contributed by atoms with Crippen molar-refractivity contribution in [1.82, 2.24) is 19.9 Å². The number of pyridine rings is 1. The Morgan fingerprint density at radius 1 is 1.23 bits per heavy atom. The highest BCUT2D eigenvalue weighted by Gasteiger charge is 2.13. The van der Waals surface area contributed by atoms with Crippen molar-refractivity contribution >= 4 is 35.0 Å². The highest BCUT2D eigenvalue weighted by Crippen LogP contribution is 2.28. The van der Waals surface area contributed by atoms with Gasteiger partial charge in [-0.05, 0) is 51.3 Å². The lowest BCUT2D eigenvalue weighted by atomic mass is 10.1. The number of rotatable bonds is 9. The van der Waals surface area contributed by atoms with Crippen LogP contribution < -0.4 is 10.6 Å². The van der Waals surface area contributed by atoms with Crippen LogP contribution in [0.25, 0.3) is 11.1 Å². The van der Waals surface area contributed by atoms with Crippen LogP contribution in [0.1, 0.15) is 16.8 Å². The molecule has 0 aliphatic heterocycles. The predicted octanol–water partition coefficient (Wildman–Crippen LogP) is 4.14. The molecule has 0 amide bonds. The van der Waals surface area contributed by atoms with Gasteiger partial charge >= 0.3 is 5.97 Å². The van der Waals surface area contributed by atoms with Crippen molar-refractivity contribution in [1.29, 1.82) is 0 Å². The topological polar surface area (TPSA) is 103 Å². The molecule has 0 aliphatic rings. The summed E-state index contributed by atoms with van der Waals surface area (Å²) >= 11 is 5.84. The largest absolute Gasteiger partial charge is 0.478 e. The number of hydrogen-bond donors (Lipinski definition) is 3. The molecule has 0 fully saturated rings. The summed E-state index contributed by atoms with van der Waals surface area (Å²) in [6, 6.07) is 5.75. The molecule has 0 aliphatic carbocycles. The summed E-state index contributed by atoms with van der Waals surface area (Å²) in [7, 11) is 3.99. The van der Waals surface area contributed by atoms with Crippen LogP contribution in [-0.4, -0.2) is 58.1 Å². The number of anilines is 3. The first-order valence-electron chi connectivity index (χ1n) is 9.50. The van der Waals surface area contributed by atoms with Gasteiger partial charge in [-0.1, -0.05) is 11.6 Å². The predicted molar refractivity (Wildman–Crippen MR) is 119 cm³/mol. The van der Waals surface area contributed by atoms with Crippen LogP contribution in [0.15, 0.2) is 42.9 Å². The summed E-state index contributed by atoms with van der Waals surface area (Å²) < 4.78 is 13.4. The van der Waals surface area contributed by atoms with Crippen LogP contribution >= 0.6 is 11.6 Å². The van der Waals surface area contributed by atoms with Crippen molar-refractivity contribution in [3.8, 4) is 11.1 Å². The van der Waals surface area contributed by atoms with Gasteiger partial charge in [-0.25, -0.2) is 14.2 Å². The number of halogens is 2. The van der Waals surface area contributed by atoms with Gasteiger partial charge in [0.25, 0.3) is 0 Å². The smallest absolute Gasteiger partial charge is 0.337 e. The minimum Gasteiger partial charge on any atom is -0.478 e. The minimum atomic E-state index is -1.07. The van der Waals surface area contributed by atoms with Crippen molar-refractivity contribution in [2.24, 2.45) is 0 Å². The number of nitrogens with one attached hydrogen (secondary N) is 2. The fourth-order valence-electron chi connectivity index (χ4n) is 2.80. The molecule has 0 spiro atoms. The molecular weight excluding hydrogens is 423 g/mol. The summed E-state index contributed by atoms with van der Waals surface area (Å²) in [5.41, 5.74) is 1.79. The van der Waals surface area contributed by atoms with Crippen LogP contribution in [0, 0.1) is 5.82 Å². The molecule has 8 nitrogen and oxygen atoms in total. The first-order chi connectivity index (χ1) is 14.8. The Bertz CT molecular complexity index is 1080. The van der Waals surface area contributed by atoms with E-state index in [1.807, 2.05) is 14.1 Å². The van der Waals surface area contributed by atoms with Gasteiger partial charge < -0.3 is 20.6 Å². The van der Waals surface area contributed by atoms with E-state index in [-0.39, 0.29) is 16.5 Å². The summed E-state index contributed by atoms with van der Waals surface area (Å²) in [5.74, 6) is -0.780. The molecule has 3 N–H and O–H groups in total. The highest BCUT2D eigenvalue weighted by atomic mass is 35.5. The van der Waals surface area contributed by atoms with Crippen molar-refractivity contribution in [3.05, 3.63) is 59.3 Å². The van der Waals surface area contributed by atoms with E-state index in [9.17, 15) is 14.3 Å². The second kappa shape index (κ2) is 10.1. The molecular formula is C21H22ClFN6O2. The van der Waals surface area contributed by atoms with Crippen LogP contribution in [0.4, 0.5) is 21.8 Å². The normalized spacial score (nSPS) is 10.9. The SMILES string of the molecule is CN(C)CCCNc1nc(Nc2ccc(F)c(Cl)c2)ncc1-c1cncc(C(=O)O)c1. The Morgan fingerprint density at radius 2 is 2.03 bits per heavy atom. The van der Waals surface area contributed by atoms with Crippen LogP contribution in [-0.2, 0) is 0 Å². The number of carboxylic acid groups (broad SMARTS) is 1. The maximum Gasteiger partial charge on any atom is 0.337 e. The lowest BCUT2D eigenvalue weighted by molar-refractivity contribution is 0.0696. The Hall–Kier alpha value is -3.30. The van der Waals surface area contributed by atoms with E-state index in [2.05, 4.69) is 30.5 Å². The van der Waals surface area contributed by atoms with Crippen molar-refractivity contribution in [2.45, 2.75) is 6.42 Å². The molecule has 2 heterocycles. The second-order valence-corrected chi connectivity index (χ2v) is 7.47. The number of aromatic carboxylic acids is 1. The van der Waals surface area contributed by atoms with Gasteiger partial charge in [-0.2, -0.15) is 4.98 Å². The first kappa shape index (κ1) is 22.4. The number of nitrogens with zero attached hydrogens (tertiary/aromatic N) is 4. The summed E-state index contributed by atoms with van der Waals surface area (Å²) in [4.78, 5) is 26.2. The van der Waals surface area contributed by atoms with Crippen molar-refractivity contribution in [3.63, 3.8) is 0 Å². The van der Waals surface area contributed by atoms with E-state index in [0.717, 1.165) is 13.0 Å². The van der Waals surface area contributed by atoms with E-state index < -0.39 is 11.8 Å². The summed E-state index contributed by atoms with van der Waals surface area (Å²) in [5, 5.41) is 15.5. The fraction of sp³-hybridized carbons (Fsp3) is 0.238. The average molecular weight is 445 g/mol. The summed E-state index contributed by atoms with van der Waals surface area (Å²) in [6.07, 6.45) is 5.30. The monoisotopic (exact) mass is 444 g/mol. The van der Waals surface area contributed by atoms with Crippen molar-refractivity contribution < 1.29 is 14.3 Å². The zero-order chi connectivity index (χ0) is 22.4. The number of aromatic nitrogens is 3. The highest BCUT2D eigenvalue weighted by molar-refractivity contribution is 6.31. The number of carboxylic acids is 1. The van der Waals surface area contributed by atoms with E-state index in [0.29, 0.717) is 29.2 Å². The van der Waals surface area contributed by atoms with Gasteiger partial charge in [0.05, 0.1) is 10.6 Å². The second-order valence-electron chi connectivity index (χ2n) is 7.06. The lowest BCUT2D eigenvalue weighted by Crippen LogP contribution is -2.17. The van der Waals surface area contributed by atoms with Crippen LogP contribution in [0.3, 0.4) is 0 Å². The van der Waals surface area contributed by atoms with E-state index in [4.69, 9.17) is 11.6 Å². The maximum absolute atomic E-state index is 13.4. The zero-order valence-corrected chi connectivity index (χ0v) is 17.8. The molecule has 0 saturated carbocycles. The molecule has 31 heavy (non-hydrogen) atoms. The molecule has 0 bridgehead atoms. The lowest BCUT2D eigenvalue weighted by Gasteiger charge is -2.15. The van der Waals surface area contributed by atoms with Crippen LogP contribution in [0.5, 0.6) is 0 Å². The number of hydrogen-bond acceptors (Lipinski definition) is 7. The minimum absolute atomic E-state index is 0.0137. The van der Waals surface area contributed by atoms with Gasteiger partial charge in [0.2, 0.25) is 5.95 Å². The van der Waals surface area contributed by atoms with E-state index in [1.54, 1.807) is 12.4 Å². The van der Waals surface area contributed by atoms with Gasteiger partial charge in [-0.3, -0.25) is 4.98 Å². The Labute approximate surface area is 184 Å². The van der Waals surface area contributed by atoms with Gasteiger partial charge in [0.1, 0.15) is 11.6 Å². The standard InChI is InChI=1S/C21H22ClFN6O2/c1-29(2)7-3-6-25-19-16(13-8-14(20(30)31)11-24-10-13)12-26-21(28-19)27-15-4-5-18(23)17(22)9-15/h4-5,8-12H,3,6-7H2,1-2H3,(H,30,31)(H2,25,26,27,28). The van der Waals surface area contributed by atoms with Crippen molar-refractivity contribution in [2.75, 3.05) is 37.8 Å². The average Bonchev–Trinajstić information content (AvgIpc) is 2.74. The molecule has 0 atom stereocenters. The van der Waals surface area contributed by atoms with E-state index >= 15 is 0 Å². The quantitative estimate of drug-likeness (QED) is 0.423. The van der Waals surface area contributed by atoms with Gasteiger partial charge in [0.15, 0.2) is 0 Å². The maximum atomic E-state index is 13.4. The number of benzene rings is 1. The molecule has 10 heteroatoms. The Balaban J connectivity index is 1.91. The Kier molecular flexibility index (Phi) is 7.32. The summed E-state index contributed by atoms with van der Waals surface area (Å²) in [6.45, 7) is 1.54. The van der Waals surface area contributed by atoms with E-state index in [1.165, 1.54) is 30.5 Å². The number of carbonyl (C=O) groups is 1. The molecule has 0 unspecified atom stereocenters. The third-order valence-electron chi connectivity index (χ3n) is 4.34. The van der Waals surface area contributed by atoms with Crippen LogP contribution in [0.2, 0.25) is 5.02 Å². The third kappa shape index (κ3) is 6.09. The molecule has 162 valence electrons. The molecule has 3 aromatic rings. The Morgan fingerprint density at radius 3 is 2.74 bits per heavy atom. The zero-order valence-electron chi connectivity index (χ0n) is 17.1. The molecule has 1 aromatic carbocycles. The van der Waals surface area contributed by atoms with Gasteiger partial charge in [0, 0.05) is 41.9 Å². The molecule has 0 saturated heterocycles. The van der Waals surface area contributed by atoms with Gasteiger partial charge in [-0.15, -0.1) is 0 Å². The fourth-order valence-corrected chi connectivity index (χ4v) is 2.98.